The zero-order valence-electron chi connectivity index (χ0n) is 9.19. The van der Waals surface area contributed by atoms with Gasteiger partial charge in [-0.05, 0) is 42.4 Å². The summed E-state index contributed by atoms with van der Waals surface area (Å²) in [5, 5.41) is 0. The largest absolute Gasteiger partial charge is 0.0857 e. The van der Waals surface area contributed by atoms with E-state index in [1.807, 2.05) is 0 Å². The van der Waals surface area contributed by atoms with E-state index in [1.165, 1.54) is 34.0 Å². The Morgan fingerprint density at radius 1 is 1.40 bits per heavy atom. The Hall–Kier alpha value is 0.680. The third-order valence-electron chi connectivity index (χ3n) is 3.30. The molecular weight excluding hydrogens is 410 g/mol. The fourth-order valence-corrected chi connectivity index (χ4v) is 3.15. The van der Waals surface area contributed by atoms with Gasteiger partial charge in [-0.25, -0.2) is 0 Å². The molecule has 1 aromatic rings. The lowest BCUT2D eigenvalue weighted by molar-refractivity contribution is 0.625. The molecule has 82 valence electrons. The highest BCUT2D eigenvalue weighted by Crippen LogP contribution is 2.41. The molecular formula is C13H16I2. The van der Waals surface area contributed by atoms with E-state index in [4.69, 9.17) is 0 Å². The van der Waals surface area contributed by atoms with E-state index in [9.17, 15) is 0 Å². The van der Waals surface area contributed by atoms with Crippen LogP contribution in [0.2, 0.25) is 0 Å². The highest BCUT2D eigenvalue weighted by Gasteiger charge is 2.27. The van der Waals surface area contributed by atoms with Crippen molar-refractivity contribution in [3.05, 3.63) is 34.9 Å². The molecule has 0 saturated heterocycles. The van der Waals surface area contributed by atoms with Crippen LogP contribution in [0.3, 0.4) is 0 Å². The smallest absolute Gasteiger partial charge is 0.0445 e. The highest BCUT2D eigenvalue weighted by atomic mass is 127. The van der Waals surface area contributed by atoms with Gasteiger partial charge in [-0.2, -0.15) is 0 Å². The molecule has 2 heteroatoms. The number of aryl methyl sites for hydroxylation is 1. The van der Waals surface area contributed by atoms with Gasteiger partial charge >= 0.3 is 0 Å². The summed E-state index contributed by atoms with van der Waals surface area (Å²) in [5.74, 6) is 0.689. The Kier molecular flexibility index (Phi) is 3.65. The second kappa shape index (κ2) is 4.51. The molecule has 15 heavy (non-hydrogen) atoms. The first-order valence-corrected chi connectivity index (χ1v) is 8.02. The monoisotopic (exact) mass is 426 g/mol. The number of hydrogen-bond donors (Lipinski definition) is 0. The molecule has 0 aromatic heterocycles. The van der Waals surface area contributed by atoms with Crippen LogP contribution in [0.15, 0.2) is 18.2 Å². The molecule has 2 unspecified atom stereocenters. The average Bonchev–Trinajstić information content (AvgIpc) is 2.23. The van der Waals surface area contributed by atoms with E-state index in [2.05, 4.69) is 77.2 Å². The summed E-state index contributed by atoms with van der Waals surface area (Å²) in [6, 6.07) is 7.20. The van der Waals surface area contributed by atoms with Gasteiger partial charge < -0.3 is 0 Å². The molecule has 0 saturated carbocycles. The second-order valence-electron chi connectivity index (χ2n) is 4.72. The Labute approximate surface area is 120 Å². The first-order valence-electron chi connectivity index (χ1n) is 5.42. The van der Waals surface area contributed by atoms with Gasteiger partial charge in [0.25, 0.3) is 0 Å². The lowest BCUT2D eigenvalue weighted by Gasteiger charge is -2.30. The first kappa shape index (κ1) is 12.1. The summed E-state index contributed by atoms with van der Waals surface area (Å²) < 4.78 is 1.56. The van der Waals surface area contributed by atoms with Crippen LogP contribution in [-0.2, 0) is 9.84 Å². The normalized spacial score (nSPS) is 26.4. The molecule has 0 amide bonds. The van der Waals surface area contributed by atoms with Gasteiger partial charge in [-0.1, -0.05) is 70.3 Å². The Morgan fingerprint density at radius 3 is 2.80 bits per heavy atom. The molecule has 0 aliphatic heterocycles. The van der Waals surface area contributed by atoms with E-state index >= 15 is 0 Å². The lowest BCUT2D eigenvalue weighted by Crippen LogP contribution is -2.19. The van der Waals surface area contributed by atoms with E-state index < -0.39 is 0 Å². The summed E-state index contributed by atoms with van der Waals surface area (Å²) in [4.78, 5) is 0. The van der Waals surface area contributed by atoms with Crippen LogP contribution in [0, 0.1) is 0 Å². The van der Waals surface area contributed by atoms with Gasteiger partial charge in [0.2, 0.25) is 0 Å². The molecule has 1 aromatic carbocycles. The molecule has 2 bridgehead atoms. The van der Waals surface area contributed by atoms with E-state index in [-0.39, 0.29) is 0 Å². The van der Waals surface area contributed by atoms with E-state index in [1.54, 1.807) is 0 Å². The molecule has 2 rings (SSSR count). The maximum Gasteiger partial charge on any atom is 0.0445 e. The average molecular weight is 426 g/mol. The van der Waals surface area contributed by atoms with Gasteiger partial charge in [-0.3, -0.25) is 0 Å². The summed E-state index contributed by atoms with van der Waals surface area (Å²) in [7, 11) is 0. The van der Waals surface area contributed by atoms with Crippen molar-refractivity contribution in [2.45, 2.75) is 36.0 Å². The quantitative estimate of drug-likeness (QED) is 0.470. The third kappa shape index (κ3) is 2.51. The SMILES string of the molecule is CC(CI)c1cc2cc(c1)C(C)(I)CC2. The molecule has 1 aliphatic carbocycles. The number of halogens is 2. The Balaban J connectivity index is 2.44. The van der Waals surface area contributed by atoms with E-state index in [0.29, 0.717) is 9.34 Å². The van der Waals surface area contributed by atoms with Crippen LogP contribution in [0.1, 0.15) is 42.9 Å². The number of alkyl halides is 2. The molecule has 2 atom stereocenters. The summed E-state index contributed by atoms with van der Waals surface area (Å²) in [6.07, 6.45) is 2.53. The fourth-order valence-electron chi connectivity index (χ4n) is 2.06. The molecule has 0 nitrogen and oxygen atoms in total. The predicted molar refractivity (Wildman–Crippen MR) is 83.4 cm³/mol. The molecule has 0 radical (unpaired) electrons. The lowest BCUT2D eigenvalue weighted by atomic mass is 9.84. The van der Waals surface area contributed by atoms with Crippen molar-refractivity contribution in [1.29, 1.82) is 0 Å². The Bertz CT molecular complexity index is 369. The first-order chi connectivity index (χ1) is 7.03. The van der Waals surface area contributed by atoms with Gasteiger partial charge in [0.15, 0.2) is 0 Å². The van der Waals surface area contributed by atoms with Crippen molar-refractivity contribution >= 4 is 45.2 Å². The fraction of sp³-hybridized carbons (Fsp3) is 0.538. The summed E-state index contributed by atoms with van der Waals surface area (Å²) in [5.41, 5.74) is 4.59. The minimum Gasteiger partial charge on any atom is -0.0857 e. The number of benzene rings is 1. The van der Waals surface area contributed by atoms with Crippen LogP contribution in [-0.4, -0.2) is 4.43 Å². The van der Waals surface area contributed by atoms with Crippen molar-refractivity contribution < 1.29 is 0 Å². The van der Waals surface area contributed by atoms with Crippen molar-refractivity contribution in [3.8, 4) is 0 Å². The number of hydrogen-bond acceptors (Lipinski definition) is 0. The van der Waals surface area contributed by atoms with Crippen LogP contribution >= 0.6 is 45.2 Å². The Morgan fingerprint density at radius 2 is 2.13 bits per heavy atom. The van der Waals surface area contributed by atoms with Gasteiger partial charge in [0, 0.05) is 7.85 Å². The van der Waals surface area contributed by atoms with Crippen LogP contribution in [0.25, 0.3) is 0 Å². The van der Waals surface area contributed by atoms with Crippen LogP contribution in [0.4, 0.5) is 0 Å². The maximum absolute atomic E-state index is 2.60. The molecule has 0 spiro atoms. The summed E-state index contributed by atoms with van der Waals surface area (Å²) >= 11 is 5.08. The van der Waals surface area contributed by atoms with E-state index in [0.717, 1.165) is 0 Å². The standard InChI is InChI=1S/C13H16I2/c1-9(8-14)11-5-10-3-4-13(2,15)12(6-10)7-11/h5-7,9H,3-4,8H2,1-2H3. The highest BCUT2D eigenvalue weighted by molar-refractivity contribution is 14.1. The van der Waals surface area contributed by atoms with Crippen molar-refractivity contribution in [2.24, 2.45) is 0 Å². The zero-order chi connectivity index (χ0) is 11.1. The minimum atomic E-state index is 0.353. The van der Waals surface area contributed by atoms with Gasteiger partial charge in [-0.15, -0.1) is 0 Å². The molecule has 0 fully saturated rings. The molecule has 0 N–H and O–H groups in total. The summed E-state index contributed by atoms with van der Waals surface area (Å²) in [6.45, 7) is 4.67. The zero-order valence-corrected chi connectivity index (χ0v) is 13.5. The second-order valence-corrected chi connectivity index (χ2v) is 7.98. The van der Waals surface area contributed by atoms with Crippen molar-refractivity contribution in [1.82, 2.24) is 0 Å². The van der Waals surface area contributed by atoms with Crippen LogP contribution in [0.5, 0.6) is 0 Å². The number of rotatable bonds is 2. The third-order valence-corrected chi connectivity index (χ3v) is 5.78. The topological polar surface area (TPSA) is 0 Å². The molecule has 0 heterocycles. The van der Waals surface area contributed by atoms with Gasteiger partial charge in [0.1, 0.15) is 0 Å². The van der Waals surface area contributed by atoms with Crippen molar-refractivity contribution in [2.75, 3.05) is 4.43 Å². The predicted octanol–water partition coefficient (Wildman–Crippen LogP) is 4.82. The van der Waals surface area contributed by atoms with Crippen molar-refractivity contribution in [3.63, 3.8) is 0 Å². The maximum atomic E-state index is 2.60. The number of fused-ring (bicyclic) bond motifs is 2. The van der Waals surface area contributed by atoms with Crippen LogP contribution < -0.4 is 0 Å². The molecule has 1 aliphatic rings. The van der Waals surface area contributed by atoms with Gasteiger partial charge in [0.05, 0.1) is 0 Å². The minimum absolute atomic E-state index is 0.353.